The molecule has 0 unspecified atom stereocenters. The van der Waals surface area contributed by atoms with Gasteiger partial charge in [-0.15, -0.1) is 0 Å². The Labute approximate surface area is 120 Å². The third kappa shape index (κ3) is 3.74. The van der Waals surface area contributed by atoms with Gasteiger partial charge in [-0.05, 0) is 37.8 Å². The lowest BCUT2D eigenvalue weighted by molar-refractivity contribution is -0.305. The number of benzene rings is 1. The summed E-state index contributed by atoms with van der Waals surface area (Å²) in [6.45, 7) is 0. The summed E-state index contributed by atoms with van der Waals surface area (Å²) in [5.41, 5.74) is 1.05. The van der Waals surface area contributed by atoms with Gasteiger partial charge in [0.15, 0.2) is 5.76 Å². The lowest BCUT2D eigenvalue weighted by Gasteiger charge is -2.10. The Morgan fingerprint density at radius 3 is 2.85 bits per heavy atom. The zero-order valence-corrected chi connectivity index (χ0v) is 11.4. The fourth-order valence-electron chi connectivity index (χ4n) is 1.83. The minimum absolute atomic E-state index is 0.0315. The Bertz CT molecular complexity index is 609. The normalized spacial score (nSPS) is 10.7. The number of hydrogen-bond acceptors (Lipinski definition) is 5. The number of unbranched alkanes of at least 4 members (excludes halogenated alkanes) is 1. The summed E-state index contributed by atoms with van der Waals surface area (Å²) in [5, 5.41) is 26.3. The number of aromatic nitrogens is 1. The molecule has 0 aliphatic carbocycles. The van der Waals surface area contributed by atoms with Gasteiger partial charge in [0.25, 0.3) is 0 Å². The third-order valence-corrected chi connectivity index (χ3v) is 3.06. The number of carbonyl (C=O) groups is 1. The SMILES string of the molecule is O=C([O-])CCCCc1cc(-c2cc(Cl)ccc2[O-])on1. The first kappa shape index (κ1) is 14.4. The Hall–Kier alpha value is -2.01. The van der Waals surface area contributed by atoms with Crippen molar-refractivity contribution in [1.82, 2.24) is 5.16 Å². The van der Waals surface area contributed by atoms with Crippen molar-refractivity contribution in [2.45, 2.75) is 25.7 Å². The highest BCUT2D eigenvalue weighted by Crippen LogP contribution is 2.30. The highest BCUT2D eigenvalue weighted by molar-refractivity contribution is 6.30. The van der Waals surface area contributed by atoms with Crippen molar-refractivity contribution in [1.29, 1.82) is 0 Å². The Morgan fingerprint density at radius 2 is 2.10 bits per heavy atom. The smallest absolute Gasteiger partial charge is 0.166 e. The molecule has 20 heavy (non-hydrogen) atoms. The van der Waals surface area contributed by atoms with Crippen molar-refractivity contribution in [3.05, 3.63) is 35.0 Å². The van der Waals surface area contributed by atoms with E-state index in [9.17, 15) is 15.0 Å². The molecule has 0 spiro atoms. The molecule has 0 aliphatic rings. The highest BCUT2D eigenvalue weighted by Gasteiger charge is 2.08. The van der Waals surface area contributed by atoms with E-state index >= 15 is 0 Å². The molecule has 0 N–H and O–H groups in total. The molecule has 0 fully saturated rings. The van der Waals surface area contributed by atoms with Gasteiger partial charge in [-0.25, -0.2) is 0 Å². The lowest BCUT2D eigenvalue weighted by atomic mass is 10.1. The van der Waals surface area contributed by atoms with Gasteiger partial charge in [-0.1, -0.05) is 28.6 Å². The fourth-order valence-corrected chi connectivity index (χ4v) is 2.00. The highest BCUT2D eigenvalue weighted by atomic mass is 35.5. The Balaban J connectivity index is 2.01. The largest absolute Gasteiger partial charge is 0.872 e. The first-order valence-electron chi connectivity index (χ1n) is 6.18. The maximum atomic E-state index is 11.7. The van der Waals surface area contributed by atoms with E-state index in [-0.39, 0.29) is 12.2 Å². The average molecular weight is 294 g/mol. The quantitative estimate of drug-likeness (QED) is 0.754. The summed E-state index contributed by atoms with van der Waals surface area (Å²) >= 11 is 5.84. The number of carboxylic acid groups (broad SMARTS) is 1. The van der Waals surface area contributed by atoms with Crippen LogP contribution in [0.1, 0.15) is 25.0 Å². The van der Waals surface area contributed by atoms with Crippen LogP contribution in [0.25, 0.3) is 11.3 Å². The van der Waals surface area contributed by atoms with E-state index in [0.29, 0.717) is 41.3 Å². The van der Waals surface area contributed by atoms with E-state index in [1.807, 2.05) is 0 Å². The van der Waals surface area contributed by atoms with Gasteiger partial charge in [-0.2, -0.15) is 0 Å². The van der Waals surface area contributed by atoms with Crippen LogP contribution in [0, 0.1) is 0 Å². The number of rotatable bonds is 6. The van der Waals surface area contributed by atoms with Crippen LogP contribution in [-0.4, -0.2) is 11.1 Å². The van der Waals surface area contributed by atoms with Crippen LogP contribution >= 0.6 is 11.6 Å². The number of hydrogen-bond donors (Lipinski definition) is 0. The van der Waals surface area contributed by atoms with Crippen molar-refractivity contribution in [3.63, 3.8) is 0 Å². The second-order valence-corrected chi connectivity index (χ2v) is 4.84. The molecule has 1 aromatic carbocycles. The molecule has 0 aliphatic heterocycles. The van der Waals surface area contributed by atoms with E-state index in [1.54, 1.807) is 6.07 Å². The Kier molecular flexibility index (Phi) is 4.63. The van der Waals surface area contributed by atoms with Crippen molar-refractivity contribution >= 4 is 17.6 Å². The monoisotopic (exact) mass is 293 g/mol. The number of aliphatic carboxylic acids is 1. The van der Waals surface area contributed by atoms with Crippen LogP contribution in [0.3, 0.4) is 0 Å². The molecule has 0 amide bonds. The zero-order chi connectivity index (χ0) is 14.5. The summed E-state index contributed by atoms with van der Waals surface area (Å²) in [7, 11) is 0. The molecule has 0 atom stereocenters. The molecule has 0 bridgehead atoms. The third-order valence-electron chi connectivity index (χ3n) is 2.83. The molecule has 1 heterocycles. The molecule has 5 nitrogen and oxygen atoms in total. The summed E-state index contributed by atoms with van der Waals surface area (Å²) < 4.78 is 5.13. The van der Waals surface area contributed by atoms with Gasteiger partial charge in [0.2, 0.25) is 0 Å². The summed E-state index contributed by atoms with van der Waals surface area (Å²) in [5.74, 6) is -0.873. The molecule has 0 saturated carbocycles. The number of nitrogens with zero attached hydrogens (tertiary/aromatic N) is 1. The molecule has 106 valence electrons. The standard InChI is InChI=1S/C14H14ClNO4/c15-9-5-6-12(17)11(7-9)13-8-10(16-20-13)3-1-2-4-14(18)19/h5-8,17H,1-4H2,(H,18,19)/p-2. The van der Waals surface area contributed by atoms with Crippen LogP contribution in [0.15, 0.2) is 28.8 Å². The second-order valence-electron chi connectivity index (χ2n) is 4.40. The number of carboxylic acids is 1. The predicted molar refractivity (Wildman–Crippen MR) is 69.0 cm³/mol. The van der Waals surface area contributed by atoms with E-state index < -0.39 is 5.97 Å². The first-order chi connectivity index (χ1) is 9.56. The van der Waals surface area contributed by atoms with E-state index in [4.69, 9.17) is 16.1 Å². The molecule has 2 aromatic rings. The maximum absolute atomic E-state index is 11.7. The van der Waals surface area contributed by atoms with Gasteiger partial charge in [0.1, 0.15) is 0 Å². The topological polar surface area (TPSA) is 89.2 Å². The second kappa shape index (κ2) is 6.43. The number of aryl methyl sites for hydroxylation is 1. The summed E-state index contributed by atoms with van der Waals surface area (Å²) in [4.78, 5) is 10.3. The number of carbonyl (C=O) groups excluding carboxylic acids is 1. The summed E-state index contributed by atoms with van der Waals surface area (Å²) in [6.07, 6.45) is 1.81. The lowest BCUT2D eigenvalue weighted by Crippen LogP contribution is -2.21. The van der Waals surface area contributed by atoms with Crippen LogP contribution in [0.5, 0.6) is 5.75 Å². The van der Waals surface area contributed by atoms with Gasteiger partial charge in [0, 0.05) is 22.6 Å². The van der Waals surface area contributed by atoms with Gasteiger partial charge in [0.05, 0.1) is 5.69 Å². The average Bonchev–Trinajstić information content (AvgIpc) is 2.86. The minimum Gasteiger partial charge on any atom is -0.872 e. The van der Waals surface area contributed by atoms with Gasteiger partial charge < -0.3 is 19.5 Å². The number of halogens is 1. The van der Waals surface area contributed by atoms with Crippen molar-refractivity contribution in [2.75, 3.05) is 0 Å². The van der Waals surface area contributed by atoms with Crippen LogP contribution in [0.4, 0.5) is 0 Å². The summed E-state index contributed by atoms with van der Waals surface area (Å²) in [6, 6.07) is 6.10. The van der Waals surface area contributed by atoms with E-state index in [0.717, 1.165) is 0 Å². The first-order valence-corrected chi connectivity index (χ1v) is 6.56. The van der Waals surface area contributed by atoms with E-state index in [2.05, 4.69) is 5.16 Å². The van der Waals surface area contributed by atoms with Gasteiger partial charge in [-0.3, -0.25) is 0 Å². The molecule has 1 aromatic heterocycles. The van der Waals surface area contributed by atoms with Crippen LogP contribution < -0.4 is 10.2 Å². The maximum Gasteiger partial charge on any atom is 0.166 e. The molecular formula is C14H12ClNO4-2. The fraction of sp³-hybridized carbons (Fsp3) is 0.286. The van der Waals surface area contributed by atoms with Crippen molar-refractivity contribution < 1.29 is 19.5 Å². The van der Waals surface area contributed by atoms with Crippen molar-refractivity contribution in [3.8, 4) is 17.1 Å². The molecule has 2 rings (SSSR count). The molecule has 0 radical (unpaired) electrons. The minimum atomic E-state index is -1.05. The molecule has 0 saturated heterocycles. The predicted octanol–water partition coefficient (Wildman–Crippen LogP) is 1.53. The molecular weight excluding hydrogens is 282 g/mol. The van der Waals surface area contributed by atoms with Crippen LogP contribution in [-0.2, 0) is 11.2 Å². The van der Waals surface area contributed by atoms with E-state index in [1.165, 1.54) is 18.2 Å². The Morgan fingerprint density at radius 1 is 1.30 bits per heavy atom. The zero-order valence-electron chi connectivity index (χ0n) is 10.6. The molecule has 6 heteroatoms. The van der Waals surface area contributed by atoms with Crippen molar-refractivity contribution in [2.24, 2.45) is 0 Å². The van der Waals surface area contributed by atoms with Crippen LogP contribution in [0.2, 0.25) is 5.02 Å². The van der Waals surface area contributed by atoms with Gasteiger partial charge >= 0.3 is 0 Å².